The first-order chi connectivity index (χ1) is 11.7. The lowest BCUT2D eigenvalue weighted by atomic mass is 10.1. The molecule has 0 radical (unpaired) electrons. The Hall–Kier alpha value is -1.61. The number of hydrogen-bond acceptors (Lipinski definition) is 3. The molecular weight excluding hydrogens is 320 g/mol. The minimum atomic E-state index is 0.137. The van der Waals surface area contributed by atoms with E-state index in [1.165, 1.54) is 31.2 Å². The number of ether oxygens (including phenoxy) is 1. The van der Waals surface area contributed by atoms with Crippen LogP contribution in [0, 0.1) is 0 Å². The zero-order chi connectivity index (χ0) is 17.2. The van der Waals surface area contributed by atoms with E-state index >= 15 is 0 Å². The number of alkyl halides is 1. The molecule has 0 bridgehead atoms. The first-order valence-electron chi connectivity index (χ1n) is 8.87. The van der Waals surface area contributed by atoms with Gasteiger partial charge in [0.25, 0.3) is 0 Å². The number of benzene rings is 1. The van der Waals surface area contributed by atoms with Crippen LogP contribution in [-0.2, 0) is 6.42 Å². The molecule has 0 fully saturated rings. The molecule has 2 aromatic rings. The topological polar surface area (TPSA) is 35.0 Å². The van der Waals surface area contributed by atoms with Crippen LogP contribution >= 0.6 is 11.6 Å². The van der Waals surface area contributed by atoms with Gasteiger partial charge in [0, 0.05) is 23.3 Å². The molecule has 24 heavy (non-hydrogen) atoms. The molecule has 0 amide bonds. The van der Waals surface area contributed by atoms with Gasteiger partial charge in [0.2, 0.25) is 0 Å². The number of rotatable bonds is 10. The Labute approximate surface area is 150 Å². The summed E-state index contributed by atoms with van der Waals surface area (Å²) in [5, 5.41) is 0.137. The van der Waals surface area contributed by atoms with Crippen molar-refractivity contribution in [1.29, 1.82) is 0 Å². The maximum Gasteiger partial charge on any atom is 0.159 e. The van der Waals surface area contributed by atoms with Crippen LogP contribution in [0.4, 0.5) is 0 Å². The van der Waals surface area contributed by atoms with Crippen molar-refractivity contribution in [1.82, 2.24) is 9.97 Å². The fourth-order valence-electron chi connectivity index (χ4n) is 2.43. The highest BCUT2D eigenvalue weighted by atomic mass is 35.5. The Balaban J connectivity index is 1.87. The predicted molar refractivity (Wildman–Crippen MR) is 101 cm³/mol. The van der Waals surface area contributed by atoms with E-state index in [1.807, 2.05) is 43.6 Å². The normalized spacial score (nSPS) is 12.1. The van der Waals surface area contributed by atoms with Crippen LogP contribution in [0.3, 0.4) is 0 Å². The van der Waals surface area contributed by atoms with Crippen LogP contribution in [0.25, 0.3) is 11.4 Å². The van der Waals surface area contributed by atoms with E-state index in [0.717, 1.165) is 30.0 Å². The SMILES string of the molecule is CCCCCCc1cnc(-c2ccc(OCC[C@H](C)Cl)cc2)nc1. The monoisotopic (exact) mass is 346 g/mol. The Bertz CT molecular complexity index is 582. The molecule has 3 nitrogen and oxygen atoms in total. The van der Waals surface area contributed by atoms with Gasteiger partial charge in [0.05, 0.1) is 6.61 Å². The molecule has 130 valence electrons. The summed E-state index contributed by atoms with van der Waals surface area (Å²) in [6.45, 7) is 4.83. The van der Waals surface area contributed by atoms with Gasteiger partial charge in [-0.25, -0.2) is 9.97 Å². The standard InChI is InChI=1S/C20H27ClN2O/c1-3-4-5-6-7-17-14-22-20(23-15-17)18-8-10-19(11-9-18)24-13-12-16(2)21/h8-11,14-16H,3-7,12-13H2,1-2H3/t16-/m0/s1. The molecule has 0 aliphatic heterocycles. The second-order valence-electron chi connectivity index (χ2n) is 6.17. The lowest BCUT2D eigenvalue weighted by Gasteiger charge is -2.08. The van der Waals surface area contributed by atoms with Crippen LogP contribution in [0.1, 0.15) is 51.5 Å². The Morgan fingerprint density at radius 3 is 2.38 bits per heavy atom. The highest BCUT2D eigenvalue weighted by molar-refractivity contribution is 6.20. The van der Waals surface area contributed by atoms with E-state index in [-0.39, 0.29) is 5.38 Å². The molecule has 1 heterocycles. The van der Waals surface area contributed by atoms with Crippen molar-refractivity contribution in [2.75, 3.05) is 6.61 Å². The van der Waals surface area contributed by atoms with E-state index < -0.39 is 0 Å². The van der Waals surface area contributed by atoms with E-state index in [9.17, 15) is 0 Å². The first-order valence-corrected chi connectivity index (χ1v) is 9.31. The van der Waals surface area contributed by atoms with Crippen molar-refractivity contribution < 1.29 is 4.74 Å². The summed E-state index contributed by atoms with van der Waals surface area (Å²) in [7, 11) is 0. The second kappa shape index (κ2) is 10.3. The summed E-state index contributed by atoms with van der Waals surface area (Å²) in [5.41, 5.74) is 2.22. The highest BCUT2D eigenvalue weighted by Crippen LogP contribution is 2.20. The summed E-state index contributed by atoms with van der Waals surface area (Å²) in [6, 6.07) is 7.90. The molecule has 0 saturated carbocycles. The van der Waals surface area contributed by atoms with Crippen molar-refractivity contribution in [3.63, 3.8) is 0 Å². The minimum absolute atomic E-state index is 0.137. The molecular formula is C20H27ClN2O. The Morgan fingerprint density at radius 1 is 1.04 bits per heavy atom. The first kappa shape index (κ1) is 18.7. The molecule has 0 unspecified atom stereocenters. The molecule has 0 spiro atoms. The number of nitrogens with zero attached hydrogens (tertiary/aromatic N) is 2. The summed E-state index contributed by atoms with van der Waals surface area (Å²) < 4.78 is 5.67. The number of unbranched alkanes of at least 4 members (excludes halogenated alkanes) is 3. The Morgan fingerprint density at radius 2 is 1.75 bits per heavy atom. The van der Waals surface area contributed by atoms with Crippen LogP contribution in [0.15, 0.2) is 36.7 Å². The van der Waals surface area contributed by atoms with Crippen molar-refractivity contribution in [3.8, 4) is 17.1 Å². The predicted octanol–water partition coefficient (Wildman–Crippen LogP) is 5.66. The van der Waals surface area contributed by atoms with Gasteiger partial charge in [0.15, 0.2) is 5.82 Å². The van der Waals surface area contributed by atoms with Gasteiger partial charge in [-0.05, 0) is 56.0 Å². The largest absolute Gasteiger partial charge is 0.494 e. The molecule has 2 rings (SSSR count). The van der Waals surface area contributed by atoms with Gasteiger partial charge in [0.1, 0.15) is 5.75 Å². The smallest absolute Gasteiger partial charge is 0.159 e. The summed E-state index contributed by atoms with van der Waals surface area (Å²) in [4.78, 5) is 8.99. The summed E-state index contributed by atoms with van der Waals surface area (Å²) >= 11 is 5.91. The van der Waals surface area contributed by atoms with E-state index in [2.05, 4.69) is 16.9 Å². The van der Waals surface area contributed by atoms with Gasteiger partial charge in [-0.2, -0.15) is 0 Å². The molecule has 1 aromatic heterocycles. The van der Waals surface area contributed by atoms with E-state index in [0.29, 0.717) is 6.61 Å². The minimum Gasteiger partial charge on any atom is -0.494 e. The number of halogens is 1. The van der Waals surface area contributed by atoms with Crippen LogP contribution in [-0.4, -0.2) is 22.0 Å². The van der Waals surface area contributed by atoms with Crippen molar-refractivity contribution >= 4 is 11.6 Å². The van der Waals surface area contributed by atoms with Crippen LogP contribution in [0.5, 0.6) is 5.75 Å². The zero-order valence-electron chi connectivity index (χ0n) is 14.7. The number of aryl methyl sites for hydroxylation is 1. The number of aromatic nitrogens is 2. The molecule has 1 atom stereocenters. The lowest BCUT2D eigenvalue weighted by molar-refractivity contribution is 0.310. The summed E-state index contributed by atoms with van der Waals surface area (Å²) in [5.74, 6) is 1.61. The Kier molecular flexibility index (Phi) is 8.03. The molecule has 0 aliphatic rings. The fraction of sp³-hybridized carbons (Fsp3) is 0.500. The number of hydrogen-bond donors (Lipinski definition) is 0. The van der Waals surface area contributed by atoms with Crippen molar-refractivity contribution in [2.24, 2.45) is 0 Å². The van der Waals surface area contributed by atoms with Gasteiger partial charge < -0.3 is 4.74 Å². The third-order valence-electron chi connectivity index (χ3n) is 3.92. The third-order valence-corrected chi connectivity index (χ3v) is 4.14. The van der Waals surface area contributed by atoms with Gasteiger partial charge >= 0.3 is 0 Å². The third kappa shape index (κ3) is 6.48. The summed E-state index contributed by atoms with van der Waals surface area (Å²) in [6.07, 6.45) is 10.8. The lowest BCUT2D eigenvalue weighted by Crippen LogP contribution is -2.03. The maximum absolute atomic E-state index is 5.91. The average molecular weight is 347 g/mol. The molecule has 0 N–H and O–H groups in total. The molecule has 0 aliphatic carbocycles. The van der Waals surface area contributed by atoms with Crippen molar-refractivity contribution in [3.05, 3.63) is 42.2 Å². The van der Waals surface area contributed by atoms with Gasteiger partial charge in [-0.3, -0.25) is 0 Å². The average Bonchev–Trinajstić information content (AvgIpc) is 2.60. The molecule has 0 saturated heterocycles. The molecule has 1 aromatic carbocycles. The maximum atomic E-state index is 5.91. The second-order valence-corrected chi connectivity index (χ2v) is 6.91. The zero-order valence-corrected chi connectivity index (χ0v) is 15.4. The van der Waals surface area contributed by atoms with E-state index in [1.54, 1.807) is 0 Å². The van der Waals surface area contributed by atoms with E-state index in [4.69, 9.17) is 16.3 Å². The van der Waals surface area contributed by atoms with Crippen LogP contribution in [0.2, 0.25) is 0 Å². The fourth-order valence-corrected chi connectivity index (χ4v) is 2.52. The van der Waals surface area contributed by atoms with Crippen molar-refractivity contribution in [2.45, 2.75) is 57.7 Å². The van der Waals surface area contributed by atoms with Crippen LogP contribution < -0.4 is 4.74 Å². The van der Waals surface area contributed by atoms with Gasteiger partial charge in [-0.15, -0.1) is 11.6 Å². The van der Waals surface area contributed by atoms with Gasteiger partial charge in [-0.1, -0.05) is 26.2 Å². The quantitative estimate of drug-likeness (QED) is 0.411. The molecule has 4 heteroatoms. The highest BCUT2D eigenvalue weighted by Gasteiger charge is 2.03.